The molecule has 1 N–H and O–H groups in total. The summed E-state index contributed by atoms with van der Waals surface area (Å²) in [5, 5.41) is 6.77. The zero-order chi connectivity index (χ0) is 15.4. The van der Waals surface area contributed by atoms with E-state index in [-0.39, 0.29) is 17.9 Å². The van der Waals surface area contributed by atoms with Gasteiger partial charge in [0.15, 0.2) is 0 Å². The highest BCUT2D eigenvalue weighted by Gasteiger charge is 2.14. The molecular formula is C15H17F2N3O. The molecule has 1 amide bonds. The van der Waals surface area contributed by atoms with Crippen LogP contribution in [0, 0.1) is 18.6 Å². The molecule has 0 fully saturated rings. The molecular weight excluding hydrogens is 276 g/mol. The molecule has 1 aromatic carbocycles. The third-order valence-corrected chi connectivity index (χ3v) is 3.14. The molecule has 6 heteroatoms. The van der Waals surface area contributed by atoms with Gasteiger partial charge < -0.3 is 5.32 Å². The Morgan fingerprint density at radius 3 is 2.81 bits per heavy atom. The molecule has 1 heterocycles. The molecule has 0 aliphatic carbocycles. The summed E-state index contributed by atoms with van der Waals surface area (Å²) in [5.41, 5.74) is 1.29. The molecule has 0 radical (unpaired) electrons. The third-order valence-electron chi connectivity index (χ3n) is 3.14. The van der Waals surface area contributed by atoms with Crippen LogP contribution in [0.1, 0.15) is 30.5 Å². The van der Waals surface area contributed by atoms with Crippen molar-refractivity contribution in [1.29, 1.82) is 0 Å². The van der Waals surface area contributed by atoms with Gasteiger partial charge in [-0.3, -0.25) is 9.48 Å². The smallest absolute Gasteiger partial charge is 0.222 e. The summed E-state index contributed by atoms with van der Waals surface area (Å²) < 4.78 is 28.1. The first-order valence-corrected chi connectivity index (χ1v) is 6.69. The van der Waals surface area contributed by atoms with Crippen LogP contribution in [0.25, 0.3) is 0 Å². The minimum absolute atomic E-state index is 0.209. The Labute approximate surface area is 121 Å². The fraction of sp³-hybridized carbons (Fsp3) is 0.333. The van der Waals surface area contributed by atoms with Crippen LogP contribution < -0.4 is 5.32 Å². The number of hydrogen-bond donors (Lipinski definition) is 1. The van der Waals surface area contributed by atoms with Gasteiger partial charge in [0.05, 0.1) is 12.2 Å². The Hall–Kier alpha value is -2.24. The summed E-state index contributed by atoms with van der Waals surface area (Å²) in [6.07, 6.45) is 3.80. The fourth-order valence-electron chi connectivity index (χ4n) is 2.05. The minimum atomic E-state index is -0.662. The van der Waals surface area contributed by atoms with Gasteiger partial charge in [0.25, 0.3) is 0 Å². The zero-order valence-corrected chi connectivity index (χ0v) is 11.9. The highest BCUT2D eigenvalue weighted by Crippen LogP contribution is 2.17. The number of halogens is 2. The first-order valence-electron chi connectivity index (χ1n) is 6.69. The maximum Gasteiger partial charge on any atom is 0.222 e. The molecule has 0 saturated heterocycles. The predicted octanol–water partition coefficient (Wildman–Crippen LogP) is 2.74. The van der Waals surface area contributed by atoms with E-state index in [0.717, 1.165) is 11.6 Å². The molecule has 112 valence electrons. The summed E-state index contributed by atoms with van der Waals surface area (Å²) in [6, 6.07) is 2.81. The lowest BCUT2D eigenvalue weighted by atomic mass is 10.1. The molecule has 2 rings (SSSR count). The largest absolute Gasteiger partial charge is 0.349 e. The van der Waals surface area contributed by atoms with E-state index in [0.29, 0.717) is 6.54 Å². The van der Waals surface area contributed by atoms with Gasteiger partial charge in [0.1, 0.15) is 11.6 Å². The van der Waals surface area contributed by atoms with E-state index in [2.05, 4.69) is 10.4 Å². The van der Waals surface area contributed by atoms with Crippen LogP contribution in [-0.4, -0.2) is 15.7 Å². The van der Waals surface area contributed by atoms with Crippen LogP contribution in [0.4, 0.5) is 8.78 Å². The first kappa shape index (κ1) is 15.2. The highest BCUT2D eigenvalue weighted by atomic mass is 19.1. The Kier molecular flexibility index (Phi) is 4.67. The lowest BCUT2D eigenvalue weighted by Gasteiger charge is -2.15. The maximum atomic E-state index is 13.6. The summed E-state index contributed by atoms with van der Waals surface area (Å²) in [5.74, 6) is -1.51. The fourth-order valence-corrected chi connectivity index (χ4v) is 2.05. The van der Waals surface area contributed by atoms with Crippen molar-refractivity contribution >= 4 is 5.91 Å². The molecule has 0 aliphatic rings. The number of nitrogens with one attached hydrogen (secondary N) is 1. The average Bonchev–Trinajstić information content (AvgIpc) is 2.82. The lowest BCUT2D eigenvalue weighted by molar-refractivity contribution is -0.122. The summed E-state index contributed by atoms with van der Waals surface area (Å²) in [4.78, 5) is 11.8. The monoisotopic (exact) mass is 293 g/mol. The number of aryl methyl sites for hydroxylation is 2. The number of nitrogens with zero attached hydrogens (tertiary/aromatic N) is 2. The van der Waals surface area contributed by atoms with Crippen molar-refractivity contribution in [3.63, 3.8) is 0 Å². The molecule has 0 aliphatic heterocycles. The lowest BCUT2D eigenvalue weighted by Crippen LogP contribution is -2.28. The number of aromatic nitrogens is 2. The summed E-state index contributed by atoms with van der Waals surface area (Å²) >= 11 is 0. The van der Waals surface area contributed by atoms with E-state index in [1.165, 1.54) is 12.1 Å². The summed E-state index contributed by atoms with van der Waals surface area (Å²) in [7, 11) is 0. The topological polar surface area (TPSA) is 46.9 Å². The van der Waals surface area contributed by atoms with Crippen molar-refractivity contribution in [2.75, 3.05) is 0 Å². The maximum absolute atomic E-state index is 13.6. The van der Waals surface area contributed by atoms with E-state index < -0.39 is 17.7 Å². The number of carbonyl (C=O) groups excluding carboxylic acids is 1. The number of amides is 1. The van der Waals surface area contributed by atoms with Crippen molar-refractivity contribution in [2.45, 2.75) is 32.9 Å². The van der Waals surface area contributed by atoms with E-state index >= 15 is 0 Å². The van der Waals surface area contributed by atoms with Gasteiger partial charge in [-0.2, -0.15) is 5.10 Å². The van der Waals surface area contributed by atoms with Crippen LogP contribution in [0.5, 0.6) is 0 Å². The van der Waals surface area contributed by atoms with Crippen LogP contribution in [0.3, 0.4) is 0 Å². The van der Waals surface area contributed by atoms with Gasteiger partial charge in [-0.05, 0) is 25.5 Å². The molecule has 1 aromatic heterocycles. The number of carbonyl (C=O) groups is 1. The van der Waals surface area contributed by atoms with Crippen LogP contribution in [-0.2, 0) is 11.3 Å². The third kappa shape index (κ3) is 4.11. The van der Waals surface area contributed by atoms with Crippen molar-refractivity contribution in [1.82, 2.24) is 15.1 Å². The Morgan fingerprint density at radius 2 is 2.19 bits per heavy atom. The molecule has 0 spiro atoms. The highest BCUT2D eigenvalue weighted by molar-refractivity contribution is 5.76. The zero-order valence-electron chi connectivity index (χ0n) is 11.9. The molecule has 1 unspecified atom stereocenters. The average molecular weight is 293 g/mol. The number of benzene rings is 1. The van der Waals surface area contributed by atoms with E-state index in [1.807, 2.05) is 13.1 Å². The molecule has 0 saturated carbocycles. The summed E-state index contributed by atoms with van der Waals surface area (Å²) in [6.45, 7) is 4.04. The molecule has 21 heavy (non-hydrogen) atoms. The minimum Gasteiger partial charge on any atom is -0.349 e. The second-order valence-electron chi connectivity index (χ2n) is 4.99. The van der Waals surface area contributed by atoms with Gasteiger partial charge in [-0.15, -0.1) is 0 Å². The van der Waals surface area contributed by atoms with Crippen LogP contribution in [0.15, 0.2) is 30.6 Å². The Bertz CT molecular complexity index is 640. The van der Waals surface area contributed by atoms with E-state index in [4.69, 9.17) is 0 Å². The molecule has 1 atom stereocenters. The van der Waals surface area contributed by atoms with E-state index in [1.54, 1.807) is 17.8 Å². The van der Waals surface area contributed by atoms with Crippen molar-refractivity contribution in [3.05, 3.63) is 53.4 Å². The van der Waals surface area contributed by atoms with Gasteiger partial charge in [-0.25, -0.2) is 8.78 Å². The number of rotatable bonds is 5. The normalized spacial score (nSPS) is 12.2. The second kappa shape index (κ2) is 6.47. The molecule has 0 bridgehead atoms. The van der Waals surface area contributed by atoms with Gasteiger partial charge >= 0.3 is 0 Å². The Balaban J connectivity index is 1.89. The quantitative estimate of drug-likeness (QED) is 0.921. The first-order chi connectivity index (χ1) is 9.95. The number of hydrogen-bond acceptors (Lipinski definition) is 2. The second-order valence-corrected chi connectivity index (χ2v) is 4.99. The van der Waals surface area contributed by atoms with Crippen LogP contribution >= 0.6 is 0 Å². The van der Waals surface area contributed by atoms with Gasteiger partial charge in [0.2, 0.25) is 5.91 Å². The SMILES string of the molecule is Cc1cnn(CCC(=O)NC(C)c2ccc(F)cc2F)c1. The van der Waals surface area contributed by atoms with Crippen molar-refractivity contribution < 1.29 is 13.6 Å². The van der Waals surface area contributed by atoms with Crippen molar-refractivity contribution in [2.24, 2.45) is 0 Å². The predicted molar refractivity (Wildman–Crippen MR) is 74.5 cm³/mol. The van der Waals surface area contributed by atoms with Crippen LogP contribution in [0.2, 0.25) is 0 Å². The standard InChI is InChI=1S/C15H17F2N3O/c1-10-8-18-20(9-10)6-5-15(21)19-11(2)13-4-3-12(16)7-14(13)17/h3-4,7-9,11H,5-6H2,1-2H3,(H,19,21). The van der Waals surface area contributed by atoms with Gasteiger partial charge in [-0.1, -0.05) is 6.07 Å². The van der Waals surface area contributed by atoms with Gasteiger partial charge in [0, 0.05) is 30.8 Å². The van der Waals surface area contributed by atoms with E-state index in [9.17, 15) is 13.6 Å². The Morgan fingerprint density at radius 1 is 1.43 bits per heavy atom. The van der Waals surface area contributed by atoms with Crippen molar-refractivity contribution in [3.8, 4) is 0 Å². The molecule has 2 aromatic rings. The molecule has 4 nitrogen and oxygen atoms in total.